The molecular formula is C24H27N5O3. The second-order valence-electron chi connectivity index (χ2n) is 7.87. The molecule has 0 radical (unpaired) electrons. The predicted molar refractivity (Wildman–Crippen MR) is 125 cm³/mol. The van der Waals surface area contributed by atoms with E-state index in [2.05, 4.69) is 10.5 Å². The summed E-state index contributed by atoms with van der Waals surface area (Å²) < 4.78 is 7.26. The molecule has 32 heavy (non-hydrogen) atoms. The smallest absolute Gasteiger partial charge is 0.271 e. The number of morpholine rings is 1. The van der Waals surface area contributed by atoms with Gasteiger partial charge in [0.2, 0.25) is 5.91 Å². The van der Waals surface area contributed by atoms with Gasteiger partial charge in [-0.2, -0.15) is 5.10 Å². The summed E-state index contributed by atoms with van der Waals surface area (Å²) in [5.74, 6) is -0.220. The van der Waals surface area contributed by atoms with Crippen LogP contribution in [0.15, 0.2) is 59.8 Å². The van der Waals surface area contributed by atoms with Crippen molar-refractivity contribution in [3.05, 3.63) is 65.9 Å². The lowest BCUT2D eigenvalue weighted by molar-refractivity contribution is -0.135. The van der Waals surface area contributed by atoms with Crippen molar-refractivity contribution in [2.75, 3.05) is 45.3 Å². The molecule has 1 aliphatic heterocycles. The highest BCUT2D eigenvalue weighted by Crippen LogP contribution is 2.20. The number of hydrogen-bond acceptors (Lipinski definition) is 5. The molecule has 1 fully saturated rings. The zero-order valence-corrected chi connectivity index (χ0v) is 18.3. The fraction of sp³-hybridized carbons (Fsp3) is 0.292. The lowest BCUT2D eigenvalue weighted by Gasteiger charge is -2.27. The van der Waals surface area contributed by atoms with Crippen molar-refractivity contribution < 1.29 is 14.3 Å². The average Bonchev–Trinajstić information content (AvgIpc) is 3.17. The molecule has 2 heterocycles. The van der Waals surface area contributed by atoms with Gasteiger partial charge in [-0.15, -0.1) is 0 Å². The van der Waals surface area contributed by atoms with Gasteiger partial charge in [-0.3, -0.25) is 9.59 Å². The van der Waals surface area contributed by atoms with Crippen molar-refractivity contribution in [2.45, 2.75) is 6.54 Å². The van der Waals surface area contributed by atoms with Crippen LogP contribution < -0.4 is 10.3 Å². The van der Waals surface area contributed by atoms with Gasteiger partial charge in [0.05, 0.1) is 19.4 Å². The van der Waals surface area contributed by atoms with Crippen molar-refractivity contribution >= 4 is 34.6 Å². The molecule has 0 spiro atoms. The number of ether oxygens (including phenoxy) is 1. The monoisotopic (exact) mass is 433 g/mol. The number of nitrogens with zero attached hydrogens (tertiary/aromatic N) is 4. The summed E-state index contributed by atoms with van der Waals surface area (Å²) in [5, 5.41) is 5.13. The fourth-order valence-corrected chi connectivity index (χ4v) is 3.72. The molecule has 8 heteroatoms. The summed E-state index contributed by atoms with van der Waals surface area (Å²) in [4.78, 5) is 29.0. The minimum atomic E-state index is -0.281. The number of anilines is 1. The molecule has 3 aromatic rings. The van der Waals surface area contributed by atoms with Crippen molar-refractivity contribution in [3.8, 4) is 0 Å². The largest absolute Gasteiger partial charge is 0.378 e. The van der Waals surface area contributed by atoms with Crippen LogP contribution in [0.1, 0.15) is 15.9 Å². The summed E-state index contributed by atoms with van der Waals surface area (Å²) in [6.07, 6.45) is 3.51. The van der Waals surface area contributed by atoms with Gasteiger partial charge in [0.15, 0.2) is 0 Å². The standard InChI is InChI=1S/C24H27N5O3/c1-27(2)20-7-5-6-18(14-20)24(31)26-25-15-19-16-29(22-9-4-3-8-21(19)22)17-23(30)28-10-12-32-13-11-28/h3-9,14-16H,10-13,17H2,1-2H3,(H,26,31)/b25-15-. The summed E-state index contributed by atoms with van der Waals surface area (Å²) in [5.41, 5.74) is 5.84. The van der Waals surface area contributed by atoms with E-state index in [1.54, 1.807) is 12.3 Å². The van der Waals surface area contributed by atoms with Crippen molar-refractivity contribution in [2.24, 2.45) is 5.10 Å². The normalized spacial score (nSPS) is 14.1. The summed E-state index contributed by atoms with van der Waals surface area (Å²) in [6, 6.07) is 15.2. The van der Waals surface area contributed by atoms with E-state index in [4.69, 9.17) is 4.74 Å². The molecule has 2 aromatic carbocycles. The Balaban J connectivity index is 1.49. The molecule has 8 nitrogen and oxygen atoms in total. The Morgan fingerprint density at radius 1 is 1.12 bits per heavy atom. The van der Waals surface area contributed by atoms with Crippen LogP contribution in [0.2, 0.25) is 0 Å². The summed E-state index contributed by atoms with van der Waals surface area (Å²) in [7, 11) is 3.85. The van der Waals surface area contributed by atoms with Crippen LogP contribution >= 0.6 is 0 Å². The van der Waals surface area contributed by atoms with E-state index in [0.717, 1.165) is 22.2 Å². The molecule has 166 valence electrons. The number of carbonyl (C=O) groups excluding carboxylic acids is 2. The fourth-order valence-electron chi connectivity index (χ4n) is 3.72. The van der Waals surface area contributed by atoms with E-state index in [1.807, 2.05) is 77.1 Å². The van der Waals surface area contributed by atoms with E-state index in [0.29, 0.717) is 31.9 Å². The van der Waals surface area contributed by atoms with E-state index >= 15 is 0 Å². The van der Waals surface area contributed by atoms with Crippen LogP contribution in [-0.2, 0) is 16.1 Å². The molecule has 0 unspecified atom stereocenters. The van der Waals surface area contributed by atoms with E-state index in [-0.39, 0.29) is 18.4 Å². The number of para-hydroxylation sites is 1. The number of hydrogen-bond donors (Lipinski definition) is 1. The lowest BCUT2D eigenvalue weighted by Crippen LogP contribution is -2.42. The molecule has 2 amide bonds. The molecule has 1 N–H and O–H groups in total. The van der Waals surface area contributed by atoms with E-state index in [1.165, 1.54) is 0 Å². The third kappa shape index (κ3) is 4.81. The summed E-state index contributed by atoms with van der Waals surface area (Å²) in [6.45, 7) is 2.64. The molecule has 4 rings (SSSR count). The number of nitrogens with one attached hydrogen (secondary N) is 1. The Morgan fingerprint density at radius 2 is 1.91 bits per heavy atom. The Hall–Kier alpha value is -3.65. The van der Waals surface area contributed by atoms with Crippen LogP contribution in [0.3, 0.4) is 0 Å². The highest BCUT2D eigenvalue weighted by Gasteiger charge is 2.18. The minimum Gasteiger partial charge on any atom is -0.378 e. The number of hydrazone groups is 1. The third-order valence-electron chi connectivity index (χ3n) is 5.48. The molecule has 1 aromatic heterocycles. The molecule has 0 atom stereocenters. The Labute approximate surface area is 187 Å². The second kappa shape index (κ2) is 9.65. The molecule has 0 bridgehead atoms. The molecule has 1 aliphatic rings. The Morgan fingerprint density at radius 3 is 2.69 bits per heavy atom. The highest BCUT2D eigenvalue weighted by molar-refractivity contribution is 6.01. The molecule has 0 aliphatic carbocycles. The maximum absolute atomic E-state index is 12.7. The number of benzene rings is 2. The first-order valence-corrected chi connectivity index (χ1v) is 10.6. The number of rotatable bonds is 6. The number of amides is 2. The maximum Gasteiger partial charge on any atom is 0.271 e. The number of carbonyl (C=O) groups is 2. The zero-order chi connectivity index (χ0) is 22.5. The van der Waals surface area contributed by atoms with Crippen LogP contribution in [-0.4, -0.2) is 67.9 Å². The van der Waals surface area contributed by atoms with Gasteiger partial charge in [-0.1, -0.05) is 24.3 Å². The Bertz CT molecular complexity index is 1150. The van der Waals surface area contributed by atoms with Crippen LogP contribution in [0.25, 0.3) is 10.9 Å². The van der Waals surface area contributed by atoms with Crippen molar-refractivity contribution in [1.29, 1.82) is 0 Å². The van der Waals surface area contributed by atoms with Crippen molar-refractivity contribution in [3.63, 3.8) is 0 Å². The van der Waals surface area contributed by atoms with E-state index < -0.39 is 0 Å². The first-order chi connectivity index (χ1) is 15.5. The minimum absolute atomic E-state index is 0.0617. The highest BCUT2D eigenvalue weighted by atomic mass is 16.5. The maximum atomic E-state index is 12.7. The molecule has 0 saturated carbocycles. The summed E-state index contributed by atoms with van der Waals surface area (Å²) >= 11 is 0. The van der Waals surface area contributed by atoms with Gasteiger partial charge in [-0.05, 0) is 24.3 Å². The number of fused-ring (bicyclic) bond motifs is 1. The van der Waals surface area contributed by atoms with Gasteiger partial charge in [-0.25, -0.2) is 5.43 Å². The predicted octanol–water partition coefficient (Wildman–Crippen LogP) is 2.33. The second-order valence-corrected chi connectivity index (χ2v) is 7.87. The first-order valence-electron chi connectivity index (χ1n) is 10.6. The molecule has 1 saturated heterocycles. The lowest BCUT2D eigenvalue weighted by atomic mass is 10.2. The topological polar surface area (TPSA) is 79.2 Å². The van der Waals surface area contributed by atoms with Gasteiger partial charge >= 0.3 is 0 Å². The van der Waals surface area contributed by atoms with E-state index in [9.17, 15) is 9.59 Å². The first kappa shape index (κ1) is 21.6. The third-order valence-corrected chi connectivity index (χ3v) is 5.48. The van der Waals surface area contributed by atoms with Gasteiger partial charge in [0.1, 0.15) is 6.54 Å². The van der Waals surface area contributed by atoms with Crippen LogP contribution in [0, 0.1) is 0 Å². The van der Waals surface area contributed by atoms with Crippen LogP contribution in [0.5, 0.6) is 0 Å². The molecular weight excluding hydrogens is 406 g/mol. The SMILES string of the molecule is CN(C)c1cccc(C(=O)N/N=C\c2cn(CC(=O)N3CCOCC3)c3ccccc23)c1. The van der Waals surface area contributed by atoms with Gasteiger partial charge in [0.25, 0.3) is 5.91 Å². The quantitative estimate of drug-likeness (QED) is 0.478. The number of aromatic nitrogens is 1. The van der Waals surface area contributed by atoms with Gasteiger partial charge in [0, 0.05) is 61.1 Å². The van der Waals surface area contributed by atoms with Gasteiger partial charge < -0.3 is 19.1 Å². The zero-order valence-electron chi connectivity index (χ0n) is 18.3. The van der Waals surface area contributed by atoms with Crippen molar-refractivity contribution in [1.82, 2.24) is 14.9 Å². The van der Waals surface area contributed by atoms with Crippen LogP contribution in [0.4, 0.5) is 5.69 Å². The average molecular weight is 434 g/mol. The Kier molecular flexibility index (Phi) is 6.51.